The van der Waals surface area contributed by atoms with Crippen molar-refractivity contribution in [2.75, 3.05) is 5.32 Å². The van der Waals surface area contributed by atoms with Gasteiger partial charge in [-0.05, 0) is 17.7 Å². The molecule has 0 atom stereocenters. The minimum absolute atomic E-state index is 0.447. The quantitative estimate of drug-likeness (QED) is 0.588. The van der Waals surface area contributed by atoms with Crippen LogP contribution in [-0.4, -0.2) is 15.1 Å². The highest BCUT2D eigenvalue weighted by atomic mass is 16.5. The lowest BCUT2D eigenvalue weighted by Crippen LogP contribution is -2.02. The number of nitrogens with one attached hydrogen (secondary N) is 1. The molecule has 2 aromatic carbocycles. The highest BCUT2D eigenvalue weighted by Gasteiger charge is 2.14. The summed E-state index contributed by atoms with van der Waals surface area (Å²) in [5.74, 6) is 1.73. The van der Waals surface area contributed by atoms with Crippen LogP contribution in [0, 0.1) is 0 Å². The molecule has 1 N–H and O–H groups in total. The summed E-state index contributed by atoms with van der Waals surface area (Å²) in [5, 5.41) is 7.42. The molecule has 5 heteroatoms. The number of hydrogen-bond donors (Lipinski definition) is 1. The van der Waals surface area contributed by atoms with E-state index in [2.05, 4.69) is 32.6 Å². The first-order chi connectivity index (χ1) is 12.4. The van der Waals surface area contributed by atoms with Gasteiger partial charge in [-0.25, -0.2) is 4.98 Å². The van der Waals surface area contributed by atoms with Crippen LogP contribution in [0.1, 0.15) is 5.56 Å². The fourth-order valence-corrected chi connectivity index (χ4v) is 2.54. The van der Waals surface area contributed by atoms with Gasteiger partial charge in [-0.2, -0.15) is 4.98 Å². The number of rotatable bonds is 5. The number of pyridine rings is 1. The van der Waals surface area contributed by atoms with E-state index in [9.17, 15) is 0 Å². The maximum Gasteiger partial charge on any atom is 0.261 e. The SMILES string of the molecule is c1ccc(CNc2ncccc2-c2nc(-c3ccccc3)no2)cc1. The summed E-state index contributed by atoms with van der Waals surface area (Å²) in [6, 6.07) is 23.7. The van der Waals surface area contributed by atoms with E-state index in [0.717, 1.165) is 16.9 Å². The lowest BCUT2D eigenvalue weighted by Gasteiger charge is -2.08. The van der Waals surface area contributed by atoms with Crippen molar-refractivity contribution in [1.29, 1.82) is 0 Å². The summed E-state index contributed by atoms with van der Waals surface area (Å²) in [5.41, 5.74) is 2.88. The average molecular weight is 328 g/mol. The van der Waals surface area contributed by atoms with Crippen LogP contribution >= 0.6 is 0 Å². The molecule has 0 saturated heterocycles. The molecule has 0 aliphatic carbocycles. The number of anilines is 1. The molecule has 25 heavy (non-hydrogen) atoms. The molecular formula is C20H16N4O. The van der Waals surface area contributed by atoms with E-state index in [1.165, 1.54) is 5.56 Å². The first kappa shape index (κ1) is 15.1. The standard InChI is InChI=1S/C20H16N4O/c1-3-8-15(9-4-1)14-22-19-17(12-7-13-21-19)20-23-18(24-25-20)16-10-5-2-6-11-16/h1-13H,14H2,(H,21,22). The Balaban J connectivity index is 1.60. The Labute approximate surface area is 145 Å². The normalized spacial score (nSPS) is 10.6. The molecule has 0 radical (unpaired) electrons. The largest absolute Gasteiger partial charge is 0.365 e. The van der Waals surface area contributed by atoms with Crippen LogP contribution in [0.2, 0.25) is 0 Å². The molecular weight excluding hydrogens is 312 g/mol. The number of hydrogen-bond acceptors (Lipinski definition) is 5. The fraction of sp³-hybridized carbons (Fsp3) is 0.0500. The Bertz CT molecular complexity index is 952. The van der Waals surface area contributed by atoms with Crippen LogP contribution in [0.3, 0.4) is 0 Å². The summed E-state index contributed by atoms with van der Waals surface area (Å²) < 4.78 is 5.46. The molecule has 0 amide bonds. The Hall–Kier alpha value is -3.47. The van der Waals surface area contributed by atoms with Crippen molar-refractivity contribution in [3.63, 3.8) is 0 Å². The third-order valence-electron chi connectivity index (χ3n) is 3.80. The third-order valence-corrected chi connectivity index (χ3v) is 3.80. The average Bonchev–Trinajstić information content (AvgIpc) is 3.18. The van der Waals surface area contributed by atoms with E-state index in [4.69, 9.17) is 4.52 Å². The second-order valence-corrected chi connectivity index (χ2v) is 5.53. The number of benzene rings is 2. The smallest absolute Gasteiger partial charge is 0.261 e. The second-order valence-electron chi connectivity index (χ2n) is 5.53. The van der Waals surface area contributed by atoms with Gasteiger partial charge in [0.2, 0.25) is 5.82 Å². The fourth-order valence-electron chi connectivity index (χ4n) is 2.54. The first-order valence-electron chi connectivity index (χ1n) is 8.02. The van der Waals surface area contributed by atoms with Crippen molar-refractivity contribution in [3.8, 4) is 22.8 Å². The van der Waals surface area contributed by atoms with Crippen LogP contribution in [0.4, 0.5) is 5.82 Å². The van der Waals surface area contributed by atoms with Gasteiger partial charge in [-0.3, -0.25) is 0 Å². The Morgan fingerprint density at radius 2 is 1.60 bits per heavy atom. The van der Waals surface area contributed by atoms with Gasteiger partial charge in [0.15, 0.2) is 0 Å². The van der Waals surface area contributed by atoms with Gasteiger partial charge in [0.05, 0.1) is 5.56 Å². The molecule has 0 spiro atoms. The topological polar surface area (TPSA) is 63.8 Å². The van der Waals surface area contributed by atoms with E-state index >= 15 is 0 Å². The summed E-state index contributed by atoms with van der Waals surface area (Å²) >= 11 is 0. The van der Waals surface area contributed by atoms with E-state index in [1.54, 1.807) is 6.20 Å². The lowest BCUT2D eigenvalue weighted by atomic mass is 10.2. The van der Waals surface area contributed by atoms with Crippen LogP contribution in [0.5, 0.6) is 0 Å². The first-order valence-corrected chi connectivity index (χ1v) is 8.02. The van der Waals surface area contributed by atoms with Crippen molar-refractivity contribution >= 4 is 5.82 Å². The Morgan fingerprint density at radius 1 is 0.840 bits per heavy atom. The molecule has 0 aliphatic rings. The van der Waals surface area contributed by atoms with Crippen LogP contribution in [-0.2, 0) is 6.54 Å². The third kappa shape index (κ3) is 3.40. The molecule has 0 aliphatic heterocycles. The minimum Gasteiger partial charge on any atom is -0.365 e. The molecule has 5 nitrogen and oxygen atoms in total. The lowest BCUT2D eigenvalue weighted by molar-refractivity contribution is 0.432. The molecule has 0 saturated carbocycles. The molecule has 4 rings (SSSR count). The molecule has 122 valence electrons. The van der Waals surface area contributed by atoms with Crippen molar-refractivity contribution in [2.45, 2.75) is 6.54 Å². The van der Waals surface area contributed by atoms with Crippen molar-refractivity contribution < 1.29 is 4.52 Å². The predicted molar refractivity (Wildman–Crippen MR) is 96.7 cm³/mol. The zero-order chi connectivity index (χ0) is 16.9. The van der Waals surface area contributed by atoms with Crippen molar-refractivity contribution in [2.24, 2.45) is 0 Å². The zero-order valence-corrected chi connectivity index (χ0v) is 13.5. The minimum atomic E-state index is 0.447. The van der Waals surface area contributed by atoms with Crippen molar-refractivity contribution in [1.82, 2.24) is 15.1 Å². The van der Waals surface area contributed by atoms with Gasteiger partial charge >= 0.3 is 0 Å². The van der Waals surface area contributed by atoms with Crippen molar-refractivity contribution in [3.05, 3.63) is 84.6 Å². The highest BCUT2D eigenvalue weighted by molar-refractivity contribution is 5.70. The molecule has 2 heterocycles. The van der Waals surface area contributed by atoms with Gasteiger partial charge in [0.25, 0.3) is 5.89 Å². The molecule has 2 aromatic heterocycles. The van der Waals surface area contributed by atoms with Gasteiger partial charge in [-0.1, -0.05) is 65.8 Å². The van der Waals surface area contributed by atoms with Gasteiger partial charge in [0, 0.05) is 18.3 Å². The summed E-state index contributed by atoms with van der Waals surface area (Å²) in [6.07, 6.45) is 1.74. The monoisotopic (exact) mass is 328 g/mol. The molecule has 0 bridgehead atoms. The highest BCUT2D eigenvalue weighted by Crippen LogP contribution is 2.27. The molecule has 4 aromatic rings. The maximum absolute atomic E-state index is 5.46. The predicted octanol–water partition coefficient (Wildman–Crippen LogP) is 4.41. The number of aromatic nitrogens is 3. The second kappa shape index (κ2) is 6.97. The molecule has 0 unspecified atom stereocenters. The van der Waals surface area contributed by atoms with E-state index in [-0.39, 0.29) is 0 Å². The summed E-state index contributed by atoms with van der Waals surface area (Å²) in [4.78, 5) is 8.92. The van der Waals surface area contributed by atoms with E-state index < -0.39 is 0 Å². The summed E-state index contributed by atoms with van der Waals surface area (Å²) in [6.45, 7) is 0.671. The Kier molecular flexibility index (Phi) is 4.20. The van der Waals surface area contributed by atoms with Gasteiger partial charge in [0.1, 0.15) is 5.82 Å². The van der Waals surface area contributed by atoms with E-state index in [0.29, 0.717) is 18.3 Å². The summed E-state index contributed by atoms with van der Waals surface area (Å²) in [7, 11) is 0. The van der Waals surface area contributed by atoms with Crippen LogP contribution in [0.25, 0.3) is 22.8 Å². The van der Waals surface area contributed by atoms with Crippen LogP contribution < -0.4 is 5.32 Å². The van der Waals surface area contributed by atoms with Crippen LogP contribution in [0.15, 0.2) is 83.5 Å². The van der Waals surface area contributed by atoms with Gasteiger partial charge in [-0.15, -0.1) is 0 Å². The van der Waals surface area contributed by atoms with E-state index in [1.807, 2.05) is 60.7 Å². The maximum atomic E-state index is 5.46. The Morgan fingerprint density at radius 3 is 2.40 bits per heavy atom. The van der Waals surface area contributed by atoms with Gasteiger partial charge < -0.3 is 9.84 Å². The zero-order valence-electron chi connectivity index (χ0n) is 13.5. The number of nitrogens with zero attached hydrogens (tertiary/aromatic N) is 3. The molecule has 0 fully saturated rings.